The maximum absolute atomic E-state index is 14.8. The van der Waals surface area contributed by atoms with E-state index in [4.69, 9.17) is 4.74 Å². The van der Waals surface area contributed by atoms with Gasteiger partial charge in [-0.3, -0.25) is 19.6 Å². The van der Waals surface area contributed by atoms with Crippen molar-refractivity contribution in [2.75, 3.05) is 25.2 Å². The van der Waals surface area contributed by atoms with Crippen molar-refractivity contribution in [2.45, 2.75) is 43.8 Å². The van der Waals surface area contributed by atoms with Crippen molar-refractivity contribution in [3.63, 3.8) is 0 Å². The molecule has 0 aromatic carbocycles. The van der Waals surface area contributed by atoms with Crippen LogP contribution < -0.4 is 20.1 Å². The Morgan fingerprint density at radius 1 is 1.07 bits per heavy atom. The summed E-state index contributed by atoms with van der Waals surface area (Å²) in [5.41, 5.74) is -5.05. The van der Waals surface area contributed by atoms with Gasteiger partial charge in [-0.05, 0) is 36.3 Å². The van der Waals surface area contributed by atoms with Crippen LogP contribution in [-0.2, 0) is 25.0 Å². The lowest BCUT2D eigenvalue weighted by Crippen LogP contribution is -2.59. The minimum absolute atomic E-state index is 0.142. The first-order valence-electron chi connectivity index (χ1n) is 12.4. The molecule has 2 amide bonds. The highest BCUT2D eigenvalue weighted by Gasteiger charge is 2.60. The quantitative estimate of drug-likeness (QED) is 0.260. The standard InChI is InChI=1S/C25H24F8N4O6S/c1-44(40,41)13-20(38)36-12-17-16(18-5-3-15(11-34-18)43-22(26)27)9-23(25(31,32)33,37-21(17)39)19-6-4-14(10-35-19)42-8-2-7-24(28,29)30/h3-6,10-11,22H,2,7-9,12-13H2,1H3,(H,36,38)(H,37,39)/t23-/m0/s1. The second-order valence-corrected chi connectivity index (χ2v) is 11.7. The van der Waals surface area contributed by atoms with Crippen molar-refractivity contribution >= 4 is 27.2 Å². The van der Waals surface area contributed by atoms with Gasteiger partial charge in [-0.25, -0.2) is 8.42 Å². The Hall–Kier alpha value is -4.03. The Labute approximate surface area is 244 Å². The number of carbonyl (C=O) groups excluding carboxylic acids is 2. The summed E-state index contributed by atoms with van der Waals surface area (Å²) in [5.74, 6) is -3.96. The van der Waals surface area contributed by atoms with Crippen LogP contribution in [0.1, 0.15) is 30.7 Å². The maximum atomic E-state index is 14.8. The average molecular weight is 661 g/mol. The Bertz CT molecular complexity index is 1480. The molecule has 2 aromatic heterocycles. The summed E-state index contributed by atoms with van der Waals surface area (Å²) >= 11 is 0. The van der Waals surface area contributed by atoms with Gasteiger partial charge in [0.05, 0.1) is 30.4 Å². The Morgan fingerprint density at radius 2 is 1.73 bits per heavy atom. The first kappa shape index (κ1) is 34.5. The number of hydrogen-bond donors (Lipinski definition) is 2. The molecule has 0 unspecified atom stereocenters. The number of rotatable bonds is 12. The monoisotopic (exact) mass is 660 g/mol. The fourth-order valence-corrected chi connectivity index (χ4v) is 4.69. The second kappa shape index (κ2) is 13.3. The summed E-state index contributed by atoms with van der Waals surface area (Å²) in [6.45, 7) is -4.36. The van der Waals surface area contributed by atoms with Crippen molar-refractivity contribution in [1.29, 1.82) is 0 Å². The zero-order chi connectivity index (χ0) is 32.9. The van der Waals surface area contributed by atoms with Gasteiger partial charge in [0, 0.05) is 31.2 Å². The highest BCUT2D eigenvalue weighted by Crippen LogP contribution is 2.47. The molecule has 1 atom stereocenters. The van der Waals surface area contributed by atoms with Gasteiger partial charge in [0.1, 0.15) is 17.3 Å². The topological polar surface area (TPSA) is 137 Å². The van der Waals surface area contributed by atoms with Crippen LogP contribution in [0.2, 0.25) is 0 Å². The van der Waals surface area contributed by atoms with E-state index >= 15 is 0 Å². The van der Waals surface area contributed by atoms with E-state index in [0.717, 1.165) is 42.9 Å². The number of alkyl halides is 8. The van der Waals surface area contributed by atoms with Gasteiger partial charge in [0.2, 0.25) is 11.8 Å². The van der Waals surface area contributed by atoms with Gasteiger partial charge in [-0.1, -0.05) is 0 Å². The third kappa shape index (κ3) is 9.23. The Balaban J connectivity index is 2.00. The van der Waals surface area contributed by atoms with Crippen LogP contribution in [-0.4, -0.2) is 74.3 Å². The van der Waals surface area contributed by atoms with Crippen LogP contribution >= 0.6 is 0 Å². The number of nitrogens with one attached hydrogen (secondary N) is 2. The predicted octanol–water partition coefficient (Wildman–Crippen LogP) is 3.69. The van der Waals surface area contributed by atoms with Crippen molar-refractivity contribution in [3.8, 4) is 11.5 Å². The van der Waals surface area contributed by atoms with E-state index in [1.807, 2.05) is 5.32 Å². The fourth-order valence-electron chi connectivity index (χ4n) is 4.11. The maximum Gasteiger partial charge on any atom is 0.417 e. The van der Waals surface area contributed by atoms with Gasteiger partial charge >= 0.3 is 19.0 Å². The molecule has 0 bridgehead atoms. The van der Waals surface area contributed by atoms with Crippen LogP contribution in [0.25, 0.3) is 5.57 Å². The van der Waals surface area contributed by atoms with Crippen molar-refractivity contribution in [1.82, 2.24) is 20.6 Å². The number of carbonyl (C=O) groups is 2. The number of nitrogens with zero attached hydrogens (tertiary/aromatic N) is 2. The Morgan fingerprint density at radius 3 is 2.25 bits per heavy atom. The van der Waals surface area contributed by atoms with Gasteiger partial charge in [0.25, 0.3) is 0 Å². The number of aromatic nitrogens is 2. The molecule has 44 heavy (non-hydrogen) atoms. The highest BCUT2D eigenvalue weighted by molar-refractivity contribution is 7.91. The van der Waals surface area contributed by atoms with Crippen molar-refractivity contribution in [2.24, 2.45) is 0 Å². The third-order valence-electron chi connectivity index (χ3n) is 6.06. The van der Waals surface area contributed by atoms with Crippen molar-refractivity contribution in [3.05, 3.63) is 53.6 Å². The third-order valence-corrected chi connectivity index (χ3v) is 6.85. The molecule has 10 nitrogen and oxygen atoms in total. The summed E-state index contributed by atoms with van der Waals surface area (Å²) in [7, 11) is -3.80. The molecule has 1 aliphatic rings. The molecule has 0 saturated heterocycles. The van der Waals surface area contributed by atoms with E-state index in [1.54, 1.807) is 0 Å². The molecular formula is C25H24F8N4O6S. The minimum atomic E-state index is -5.22. The van der Waals surface area contributed by atoms with Crippen LogP contribution in [0.15, 0.2) is 42.2 Å². The fraction of sp³-hybridized carbons (Fsp3) is 0.440. The van der Waals surface area contributed by atoms with Crippen LogP contribution in [0.4, 0.5) is 35.1 Å². The van der Waals surface area contributed by atoms with E-state index in [1.165, 1.54) is 0 Å². The summed E-state index contributed by atoms with van der Waals surface area (Å²) in [5, 5.41) is 4.01. The molecule has 0 radical (unpaired) electrons. The normalized spacial score (nSPS) is 17.8. The number of sulfone groups is 1. The minimum Gasteiger partial charge on any atom is -0.492 e. The lowest BCUT2D eigenvalue weighted by molar-refractivity contribution is -0.203. The lowest BCUT2D eigenvalue weighted by Gasteiger charge is -2.40. The van der Waals surface area contributed by atoms with Crippen LogP contribution in [0.5, 0.6) is 11.5 Å². The Kier molecular flexibility index (Phi) is 10.4. The van der Waals surface area contributed by atoms with E-state index in [-0.39, 0.29) is 17.0 Å². The molecule has 0 saturated carbocycles. The van der Waals surface area contributed by atoms with Gasteiger partial charge in [-0.15, -0.1) is 0 Å². The molecule has 2 aromatic rings. The number of ether oxygens (including phenoxy) is 2. The largest absolute Gasteiger partial charge is 0.492 e. The predicted molar refractivity (Wildman–Crippen MR) is 136 cm³/mol. The SMILES string of the molecule is CS(=O)(=O)CC(=O)NCC1=C(c2ccc(OC(F)F)cn2)C[C@](c2ccc(OCCCC(F)(F)F)cn2)(C(F)(F)F)NC1=O. The summed E-state index contributed by atoms with van der Waals surface area (Å²) in [4.78, 5) is 32.9. The zero-order valence-electron chi connectivity index (χ0n) is 22.6. The van der Waals surface area contributed by atoms with Gasteiger partial charge < -0.3 is 20.1 Å². The number of halogens is 8. The molecular weight excluding hydrogens is 636 g/mol. The van der Waals surface area contributed by atoms with E-state index in [2.05, 4.69) is 20.0 Å². The smallest absolute Gasteiger partial charge is 0.417 e. The van der Waals surface area contributed by atoms with Crippen molar-refractivity contribution < 1.29 is 62.6 Å². The molecule has 0 aliphatic carbocycles. The van der Waals surface area contributed by atoms with E-state index in [9.17, 15) is 53.1 Å². The van der Waals surface area contributed by atoms with Gasteiger partial charge in [-0.2, -0.15) is 35.1 Å². The molecule has 19 heteroatoms. The summed E-state index contributed by atoms with van der Waals surface area (Å²) in [6, 6.07) is 3.85. The average Bonchev–Trinajstić information content (AvgIpc) is 2.88. The highest BCUT2D eigenvalue weighted by atomic mass is 32.2. The van der Waals surface area contributed by atoms with Crippen LogP contribution in [0, 0.1) is 0 Å². The molecule has 3 heterocycles. The van der Waals surface area contributed by atoms with E-state index < -0.39 is 101 Å². The molecule has 0 fully saturated rings. The van der Waals surface area contributed by atoms with Gasteiger partial charge in [0.15, 0.2) is 15.4 Å². The second-order valence-electron chi connectivity index (χ2n) is 9.54. The van der Waals surface area contributed by atoms with Crippen LogP contribution in [0.3, 0.4) is 0 Å². The first-order valence-corrected chi connectivity index (χ1v) is 14.5. The lowest BCUT2D eigenvalue weighted by atomic mass is 9.79. The zero-order valence-corrected chi connectivity index (χ0v) is 23.4. The summed E-state index contributed by atoms with van der Waals surface area (Å²) < 4.78 is 139. The number of pyridine rings is 2. The summed E-state index contributed by atoms with van der Waals surface area (Å²) in [6.07, 6.45) is -9.89. The molecule has 3 rings (SSSR count). The molecule has 242 valence electrons. The number of amides is 2. The molecule has 2 N–H and O–H groups in total. The molecule has 1 aliphatic heterocycles. The number of hydrogen-bond acceptors (Lipinski definition) is 8. The first-order chi connectivity index (χ1) is 20.3. The molecule has 0 spiro atoms. The van der Waals surface area contributed by atoms with E-state index in [0.29, 0.717) is 0 Å².